The summed E-state index contributed by atoms with van der Waals surface area (Å²) in [7, 11) is 1.54. The number of benzene rings is 3. The molecule has 13 heteroatoms. The number of thioether (sulfide) groups is 1. The van der Waals surface area contributed by atoms with E-state index in [1.165, 1.54) is 28.8 Å². The van der Waals surface area contributed by atoms with Crippen molar-refractivity contribution in [3.05, 3.63) is 109 Å². The van der Waals surface area contributed by atoms with E-state index in [2.05, 4.69) is 26.1 Å². The van der Waals surface area contributed by atoms with Gasteiger partial charge in [0, 0.05) is 28.6 Å². The van der Waals surface area contributed by atoms with Crippen molar-refractivity contribution in [1.29, 1.82) is 0 Å². The molecule has 11 nitrogen and oxygen atoms in total. The van der Waals surface area contributed by atoms with E-state index in [1.807, 2.05) is 24.3 Å². The molecule has 2 aliphatic heterocycles. The number of ether oxygens (including phenoxy) is 1. The minimum absolute atomic E-state index is 0.119. The fourth-order valence-corrected chi connectivity index (χ4v) is 8.57. The van der Waals surface area contributed by atoms with Crippen LogP contribution in [0, 0.1) is 16.0 Å². The molecule has 236 valence electrons. The molecule has 46 heavy (non-hydrogen) atoms. The summed E-state index contributed by atoms with van der Waals surface area (Å²) in [6.07, 6.45) is 0. The zero-order valence-corrected chi connectivity index (χ0v) is 27.0. The minimum atomic E-state index is -0.882. The van der Waals surface area contributed by atoms with Crippen LogP contribution in [0.5, 0.6) is 5.75 Å². The van der Waals surface area contributed by atoms with Crippen LogP contribution in [-0.2, 0) is 26.3 Å². The highest BCUT2D eigenvalue weighted by atomic mass is 32.2. The molecule has 0 spiro atoms. The second-order valence-corrected chi connectivity index (χ2v) is 14.2. The van der Waals surface area contributed by atoms with Crippen LogP contribution in [0.25, 0.3) is 0 Å². The maximum Gasteiger partial charge on any atom is 0.308 e. The summed E-state index contributed by atoms with van der Waals surface area (Å²) in [6.45, 7) is 6.00. The number of nitrogens with one attached hydrogen (secondary N) is 1. The summed E-state index contributed by atoms with van der Waals surface area (Å²) in [5.74, 6) is -2.19. The number of aromatic nitrogens is 1. The molecule has 3 heterocycles. The lowest BCUT2D eigenvalue weighted by atomic mass is 9.81. The lowest BCUT2D eigenvalue weighted by Crippen LogP contribution is -2.33. The Morgan fingerprint density at radius 3 is 2.20 bits per heavy atom. The number of hydrogen-bond donors (Lipinski definition) is 1. The molecule has 3 atom stereocenters. The third-order valence-electron chi connectivity index (χ3n) is 8.18. The normalized spacial score (nSPS) is 19.0. The summed E-state index contributed by atoms with van der Waals surface area (Å²) >= 11 is 2.08. The molecule has 1 fully saturated rings. The first-order valence-electron chi connectivity index (χ1n) is 14.4. The number of nitro benzene ring substituents is 1. The van der Waals surface area contributed by atoms with E-state index < -0.39 is 39.7 Å². The quantitative estimate of drug-likeness (QED) is 0.155. The monoisotopic (exact) mass is 658 g/mol. The Hall–Kier alpha value is -4.75. The van der Waals surface area contributed by atoms with E-state index >= 15 is 0 Å². The van der Waals surface area contributed by atoms with Crippen molar-refractivity contribution in [1.82, 2.24) is 4.57 Å². The SMILES string of the molecule is COc1ccc(NC(=O)Cn2c3c(sc2=O)[C@H](c2ccc(C(C)(C)C)cc2)C2C(=O)N(c4ccc([N+](=O)[O-])cc4)C(=O)C2S3)cc1. The maximum atomic E-state index is 14.1. The maximum absolute atomic E-state index is 14.1. The van der Waals surface area contributed by atoms with Gasteiger partial charge in [0.15, 0.2) is 0 Å². The minimum Gasteiger partial charge on any atom is -0.497 e. The summed E-state index contributed by atoms with van der Waals surface area (Å²) in [4.78, 5) is 66.6. The lowest BCUT2D eigenvalue weighted by Gasteiger charge is -2.31. The fraction of sp³-hybridized carbons (Fsp3) is 0.273. The Morgan fingerprint density at radius 2 is 1.61 bits per heavy atom. The topological polar surface area (TPSA) is 141 Å². The molecule has 0 bridgehead atoms. The van der Waals surface area contributed by atoms with Crippen LogP contribution in [0.1, 0.15) is 42.7 Å². The number of nitro groups is 1. The standard InChI is InChI=1S/C33H30N4O7S2/c1-33(2,3)19-7-5-18(6-8-19)25-26-27(30(40)36(29(26)39)21-11-13-22(14-12-21)37(42)43)45-31-28(25)46-32(41)35(31)17-24(38)34-20-9-15-23(44-4)16-10-20/h5-16,25-27H,17H2,1-4H3,(H,34,38)/t25-,26?,27?/m1/s1. The van der Waals surface area contributed by atoms with E-state index in [1.54, 1.807) is 31.4 Å². The van der Waals surface area contributed by atoms with E-state index in [0.29, 0.717) is 21.3 Å². The smallest absolute Gasteiger partial charge is 0.308 e. The van der Waals surface area contributed by atoms with Gasteiger partial charge in [-0.1, -0.05) is 68.1 Å². The van der Waals surface area contributed by atoms with Gasteiger partial charge in [0.1, 0.15) is 17.5 Å². The van der Waals surface area contributed by atoms with Gasteiger partial charge in [0.2, 0.25) is 17.7 Å². The lowest BCUT2D eigenvalue weighted by molar-refractivity contribution is -0.384. The molecule has 3 aromatic carbocycles. The first-order valence-corrected chi connectivity index (χ1v) is 16.1. The number of methoxy groups -OCH3 is 1. The second kappa shape index (κ2) is 11.9. The second-order valence-electron chi connectivity index (χ2n) is 12.1. The van der Waals surface area contributed by atoms with Crippen molar-refractivity contribution in [2.24, 2.45) is 5.92 Å². The highest BCUT2D eigenvalue weighted by molar-refractivity contribution is 8.00. The van der Waals surface area contributed by atoms with Gasteiger partial charge in [0.05, 0.1) is 28.7 Å². The van der Waals surface area contributed by atoms with Crippen molar-refractivity contribution in [3.63, 3.8) is 0 Å². The summed E-state index contributed by atoms with van der Waals surface area (Å²) in [6, 6.07) is 19.9. The molecule has 2 aliphatic rings. The van der Waals surface area contributed by atoms with E-state index in [0.717, 1.165) is 39.1 Å². The van der Waals surface area contributed by atoms with Gasteiger partial charge in [0.25, 0.3) is 5.69 Å². The van der Waals surface area contributed by atoms with Crippen LogP contribution in [0.3, 0.4) is 0 Å². The van der Waals surface area contributed by atoms with Crippen LogP contribution in [0.4, 0.5) is 17.1 Å². The third-order valence-corrected chi connectivity index (χ3v) is 10.8. The van der Waals surface area contributed by atoms with Crippen molar-refractivity contribution >= 4 is 57.9 Å². The number of imide groups is 1. The van der Waals surface area contributed by atoms with Crippen LogP contribution < -0.4 is 19.8 Å². The van der Waals surface area contributed by atoms with Gasteiger partial charge in [-0.05, 0) is 52.9 Å². The van der Waals surface area contributed by atoms with Crippen molar-refractivity contribution < 1.29 is 24.0 Å². The number of carbonyl (C=O) groups is 3. The number of thiazole rings is 1. The van der Waals surface area contributed by atoms with Gasteiger partial charge in [-0.25, -0.2) is 4.90 Å². The molecule has 2 unspecified atom stereocenters. The number of nitrogens with zero attached hydrogens (tertiary/aromatic N) is 3. The summed E-state index contributed by atoms with van der Waals surface area (Å²) < 4.78 is 6.53. The van der Waals surface area contributed by atoms with E-state index in [4.69, 9.17) is 4.74 Å². The first kappa shape index (κ1) is 31.2. The molecular weight excluding hydrogens is 629 g/mol. The van der Waals surface area contributed by atoms with Crippen LogP contribution in [-0.4, -0.2) is 39.6 Å². The Bertz CT molecular complexity index is 1910. The van der Waals surface area contributed by atoms with Crippen molar-refractivity contribution in [3.8, 4) is 5.75 Å². The summed E-state index contributed by atoms with van der Waals surface area (Å²) in [5.41, 5.74) is 2.34. The molecule has 0 saturated carbocycles. The number of anilines is 2. The molecule has 0 aliphatic carbocycles. The van der Waals surface area contributed by atoms with Gasteiger partial charge >= 0.3 is 4.87 Å². The molecule has 4 aromatic rings. The number of amides is 3. The number of carbonyl (C=O) groups excluding carboxylic acids is 3. The molecular formula is C33H30N4O7S2. The average molecular weight is 659 g/mol. The Balaban J connectivity index is 1.39. The van der Waals surface area contributed by atoms with Gasteiger partial charge in [-0.15, -0.1) is 0 Å². The molecule has 6 rings (SSSR count). The van der Waals surface area contributed by atoms with E-state index in [-0.39, 0.29) is 28.2 Å². The Kier molecular flexibility index (Phi) is 8.07. The van der Waals surface area contributed by atoms with Gasteiger partial charge in [-0.2, -0.15) is 0 Å². The third kappa shape index (κ3) is 5.60. The van der Waals surface area contributed by atoms with Gasteiger partial charge in [-0.3, -0.25) is 33.9 Å². The highest BCUT2D eigenvalue weighted by Gasteiger charge is 2.57. The van der Waals surface area contributed by atoms with Crippen molar-refractivity contribution in [2.75, 3.05) is 17.3 Å². The number of rotatable bonds is 7. The average Bonchev–Trinajstić information content (AvgIpc) is 3.47. The van der Waals surface area contributed by atoms with Crippen LogP contribution >= 0.6 is 23.1 Å². The van der Waals surface area contributed by atoms with Gasteiger partial charge < -0.3 is 10.1 Å². The number of fused-ring (bicyclic) bond motifs is 2. The first-order chi connectivity index (χ1) is 21.9. The predicted octanol–water partition coefficient (Wildman–Crippen LogP) is 5.56. The van der Waals surface area contributed by atoms with Crippen molar-refractivity contribution in [2.45, 2.75) is 48.9 Å². The van der Waals surface area contributed by atoms with Crippen LogP contribution in [0.2, 0.25) is 0 Å². The van der Waals surface area contributed by atoms with Crippen LogP contribution in [0.15, 0.2) is 82.6 Å². The predicted molar refractivity (Wildman–Crippen MR) is 176 cm³/mol. The zero-order valence-electron chi connectivity index (χ0n) is 25.4. The Labute approximate surface area is 272 Å². The summed E-state index contributed by atoms with van der Waals surface area (Å²) in [5, 5.41) is 13.6. The molecule has 0 radical (unpaired) electrons. The van der Waals surface area contributed by atoms with E-state index in [9.17, 15) is 29.3 Å². The molecule has 1 N–H and O–H groups in total. The number of hydrogen-bond acceptors (Lipinski definition) is 9. The number of non-ortho nitro benzene ring substituents is 1. The molecule has 1 saturated heterocycles. The molecule has 3 amide bonds. The zero-order chi connectivity index (χ0) is 32.9. The fourth-order valence-electron chi connectivity index (χ4n) is 5.80. The molecule has 1 aromatic heterocycles. The highest BCUT2D eigenvalue weighted by Crippen LogP contribution is 2.54. The largest absolute Gasteiger partial charge is 0.497 e. The Morgan fingerprint density at radius 1 is 0.957 bits per heavy atom.